The van der Waals surface area contributed by atoms with Gasteiger partial charge < -0.3 is 47.4 Å². The summed E-state index contributed by atoms with van der Waals surface area (Å²) in [6.45, 7) is 0.866. The van der Waals surface area contributed by atoms with Gasteiger partial charge in [0, 0.05) is 68.2 Å². The number of carbonyl (C=O) groups is 6. The first kappa shape index (κ1) is 83.0. The molecular weight excluding hydrogens is 1540 g/mol. The van der Waals surface area contributed by atoms with Crippen LogP contribution < -0.4 is 56.7 Å². The summed E-state index contributed by atoms with van der Waals surface area (Å²) < 4.78 is 74.6. The van der Waals surface area contributed by atoms with Gasteiger partial charge in [-0.1, -0.05) is 34.3 Å². The molecule has 0 radical (unpaired) electrons. The number of rotatable bonds is 43. The third kappa shape index (κ3) is 20.1. The van der Waals surface area contributed by atoms with Crippen LogP contribution in [0.3, 0.4) is 0 Å². The van der Waals surface area contributed by atoms with Crippen molar-refractivity contribution in [3.8, 4) is 0 Å². The Morgan fingerprint density at radius 2 is 0.635 bits per heavy atom. The van der Waals surface area contributed by atoms with Crippen LogP contribution in [0, 0.1) is 5.41 Å². The summed E-state index contributed by atoms with van der Waals surface area (Å²) in [5.74, 6) is -2.82. The van der Waals surface area contributed by atoms with Gasteiger partial charge in [-0.15, -0.1) is 45.8 Å². The number of ether oxygens (including phenoxy) is 10. The average Bonchev–Trinajstić information content (AvgIpc) is 1.73. The van der Waals surface area contributed by atoms with Crippen LogP contribution in [-0.4, -0.2) is 310 Å². The molecule has 12 rings (SSSR count). The number of carbonyl (C=O) groups excluding carboxylic acids is 6. The Morgan fingerprint density at radius 1 is 0.348 bits per heavy atom. The number of imidazole rings is 2. The molecular formula is C59H77N34O22+5. The third-order valence-corrected chi connectivity index (χ3v) is 16.6. The van der Waals surface area contributed by atoms with Crippen LogP contribution in [0.2, 0.25) is 0 Å². The minimum atomic E-state index is -1.03. The lowest BCUT2D eigenvalue weighted by atomic mass is 9.92. The largest absolute Gasteiger partial charge is 0.439 e. The van der Waals surface area contributed by atoms with Gasteiger partial charge in [-0.2, -0.15) is 9.36 Å². The molecule has 0 atom stereocenters. The normalized spacial score (nSPS) is 11.8. The third-order valence-electron chi connectivity index (χ3n) is 16.6. The number of H-pyrrole nitrogens is 1. The van der Waals surface area contributed by atoms with E-state index >= 15 is 0 Å². The van der Waals surface area contributed by atoms with E-state index in [1.54, 1.807) is 0 Å². The molecule has 0 aliphatic heterocycles. The predicted molar refractivity (Wildman–Crippen MR) is 365 cm³/mol. The van der Waals surface area contributed by atoms with Crippen LogP contribution in [0.25, 0.3) is 34.4 Å². The molecule has 0 spiro atoms. The molecule has 0 amide bonds. The summed E-state index contributed by atoms with van der Waals surface area (Å²) in [4.78, 5) is 156. The van der Waals surface area contributed by atoms with E-state index in [0.29, 0.717) is 0 Å². The van der Waals surface area contributed by atoms with Gasteiger partial charge >= 0.3 is 62.9 Å². The molecule has 0 fully saturated rings. The molecule has 115 heavy (non-hydrogen) atoms. The Morgan fingerprint density at radius 3 is 0.974 bits per heavy atom. The summed E-state index contributed by atoms with van der Waals surface area (Å²) >= 11 is 0. The van der Waals surface area contributed by atoms with E-state index in [9.17, 15) is 57.5 Å². The first-order valence-electron chi connectivity index (χ1n) is 34.9. The lowest BCUT2D eigenvalue weighted by Crippen LogP contribution is -2.47. The van der Waals surface area contributed by atoms with Crippen molar-refractivity contribution in [3.05, 3.63) is 112 Å². The minimum absolute atomic E-state index is 0.0228. The number of Topliss-reactive ketones (excluding diaryl/α,β-unsaturated/α-hetero) is 2. The average molecular weight is 1610 g/mol. The molecule has 0 saturated carbocycles. The molecule has 0 aliphatic carbocycles. The fraction of sp³-hybridized carbons (Fsp3) is 0.559. The van der Waals surface area contributed by atoms with Crippen LogP contribution in [0.1, 0.15) is 78.7 Å². The zero-order valence-corrected chi connectivity index (χ0v) is 62.6. The lowest BCUT2D eigenvalue weighted by molar-refractivity contribution is -0.540. The number of fused-ring (bicyclic) bond motifs is 6. The number of aryl methyl sites for hydroxylation is 6. The van der Waals surface area contributed by atoms with Gasteiger partial charge in [0.05, 0.1) is 191 Å². The van der Waals surface area contributed by atoms with Crippen LogP contribution in [-0.2, 0) is 89.7 Å². The van der Waals surface area contributed by atoms with Crippen molar-refractivity contribution in [2.75, 3.05) is 132 Å². The number of ketones is 2. The number of nitrogens with zero attached hydrogens (tertiary/aromatic N) is 33. The maximum atomic E-state index is 12.9. The second-order valence-electron chi connectivity index (χ2n) is 24.8. The van der Waals surface area contributed by atoms with Gasteiger partial charge in [0.1, 0.15) is 6.33 Å². The van der Waals surface area contributed by atoms with E-state index in [1.165, 1.54) is 59.3 Å². The highest BCUT2D eigenvalue weighted by molar-refractivity contribution is 5.99. The number of aromatic nitrogens is 34. The van der Waals surface area contributed by atoms with Crippen molar-refractivity contribution < 1.29 is 98.7 Å². The fourth-order valence-electron chi connectivity index (χ4n) is 10.5. The Balaban J connectivity index is 0.000000317. The predicted octanol–water partition coefficient (Wildman–Crippen LogP) is -12.0. The second-order valence-corrected chi connectivity index (χ2v) is 24.8. The molecule has 610 valence electrons. The summed E-state index contributed by atoms with van der Waals surface area (Å²) in [6.07, 6.45) is 6.89. The molecule has 56 nitrogen and oxygen atoms in total. The van der Waals surface area contributed by atoms with E-state index in [1.807, 2.05) is 0 Å². The smallest absolute Gasteiger partial charge is 0.379 e. The maximum absolute atomic E-state index is 12.9. The van der Waals surface area contributed by atoms with Gasteiger partial charge in [0.2, 0.25) is 36.8 Å². The minimum Gasteiger partial charge on any atom is -0.379 e. The topological polar surface area (TPSA) is 605 Å². The van der Waals surface area contributed by atoms with Gasteiger partial charge in [0.15, 0.2) is 17.1 Å². The molecule has 0 bridgehead atoms. The van der Waals surface area contributed by atoms with Gasteiger partial charge in [-0.05, 0) is 20.4 Å². The molecule has 1 N–H and O–H groups in total. The second kappa shape index (κ2) is 39.0. The SMILES string of the molecule is Cn1nnc2c(C(=O)CCOCCOCCC(=O)c3[nH+]cn4c(=O)n(C)nnc34)ncn2c1=O.Cn1nnc2n(C(=O)CCOCCOCC(COCCOCCC(=O)n3nc[n+]4c(=O)n(C)nnc34)(COCCOCCC(=O)n3nc[n+]4c(=O)n(C)nnc34)COCCOCCC(=O)n3nc[n+]4c(=O)n(C)nnc34)nc[n+]2c1=O. The molecule has 56 heteroatoms. The maximum Gasteiger partial charge on any atom is 0.439 e. The van der Waals surface area contributed by atoms with Gasteiger partial charge in [-0.3, -0.25) is 28.8 Å². The van der Waals surface area contributed by atoms with Gasteiger partial charge in [0.25, 0.3) is 30.0 Å². The highest BCUT2D eigenvalue weighted by Crippen LogP contribution is 2.21. The van der Waals surface area contributed by atoms with Crippen LogP contribution in [0.5, 0.6) is 0 Å². The number of aromatic amines is 1. The molecule has 12 heterocycles. The molecule has 0 unspecified atom stereocenters. The standard InChI is InChI=1S/C41H56N24O16.C18H20N10O6/c1-54-37(70)58-25-42-62(33(58)46-50-54)29(66)5-9-74-13-17-78-21-41(22-79-18-14-75-10-6-30(67)63-34-47-51-55(2)38(71)59(34)26-43-63,23-80-19-15-76-11-7-31(68)64-35-48-52-56(3)39(72)60(35)27-44-64)24-81-20-16-77-12-8-32(69)65-36-49-53-57(4)40(73)61(36)28-45-65;1-25-17(31)27-9-19-13(15(27)21-23-25)11(29)3-5-33-7-8-34-6-4-12(30)14-16-22-24-26(2)18(32)28(16)10-20-14/h25-28H,5-24H2,1-4H3;9-10H,3-8H2,1-2H3/q+4;/p+1. The van der Waals surface area contributed by atoms with Crippen LogP contribution >= 0.6 is 0 Å². The van der Waals surface area contributed by atoms with Crippen LogP contribution in [0.15, 0.2) is 66.7 Å². The summed E-state index contributed by atoms with van der Waals surface area (Å²) in [5, 5.41) is 61.2. The van der Waals surface area contributed by atoms with Crippen molar-refractivity contribution in [2.45, 2.75) is 38.5 Å². The lowest BCUT2D eigenvalue weighted by Gasteiger charge is -2.33. The van der Waals surface area contributed by atoms with E-state index < -0.39 is 63.2 Å². The van der Waals surface area contributed by atoms with Crippen molar-refractivity contribution >= 4 is 69.6 Å². The van der Waals surface area contributed by atoms with E-state index in [4.69, 9.17) is 47.4 Å². The fourth-order valence-corrected chi connectivity index (χ4v) is 10.5. The molecule has 0 saturated heterocycles. The Bertz CT molecular complexity index is 5290. The number of nitrogens with one attached hydrogen (secondary N) is 1. The first-order valence-corrected chi connectivity index (χ1v) is 34.9. The van der Waals surface area contributed by atoms with Crippen molar-refractivity contribution in [2.24, 2.45) is 47.7 Å². The molecule has 0 aromatic carbocycles. The Hall–Kier alpha value is -13.0. The Kier molecular flexibility index (Phi) is 28.1. The highest BCUT2D eigenvalue weighted by atomic mass is 16.6. The van der Waals surface area contributed by atoms with Crippen molar-refractivity contribution in [1.29, 1.82) is 0 Å². The van der Waals surface area contributed by atoms with Crippen molar-refractivity contribution in [3.63, 3.8) is 0 Å². The van der Waals surface area contributed by atoms with E-state index in [-0.39, 0.29) is 228 Å². The van der Waals surface area contributed by atoms with E-state index in [0.717, 1.165) is 94.1 Å². The summed E-state index contributed by atoms with van der Waals surface area (Å²) in [7, 11) is 8.54. The van der Waals surface area contributed by atoms with Crippen molar-refractivity contribution in [1.82, 2.24) is 143 Å². The van der Waals surface area contributed by atoms with Crippen LogP contribution in [0.4, 0.5) is 0 Å². The zero-order valence-electron chi connectivity index (χ0n) is 62.6. The molecule has 0 aliphatic rings. The monoisotopic (exact) mass is 1610 g/mol. The summed E-state index contributed by atoms with van der Waals surface area (Å²) in [5.41, 5.74) is -3.58. The molecule has 12 aromatic rings. The highest BCUT2D eigenvalue weighted by Gasteiger charge is 2.34. The Labute approximate surface area is 639 Å². The first-order chi connectivity index (χ1) is 55.6. The zero-order chi connectivity index (χ0) is 81.7. The molecule has 12 aromatic heterocycles. The number of hydrogen-bond acceptors (Lipinski definition) is 39. The number of hydrogen-bond donors (Lipinski definition) is 0. The van der Waals surface area contributed by atoms with E-state index in [2.05, 4.69) is 92.2 Å². The van der Waals surface area contributed by atoms with Gasteiger partial charge in [-0.25, -0.2) is 43.1 Å². The quantitative estimate of drug-likeness (QED) is 0.0194. The summed E-state index contributed by atoms with van der Waals surface area (Å²) in [6, 6.07) is 0.